The van der Waals surface area contributed by atoms with Crippen molar-refractivity contribution in [2.45, 2.75) is 26.9 Å². The Bertz CT molecular complexity index is 375. The highest BCUT2D eigenvalue weighted by atomic mass is 16.6. The average molecular weight is 223 g/mol. The molecule has 88 valence electrons. The van der Waals surface area contributed by atoms with E-state index in [1.807, 2.05) is 6.92 Å². The van der Waals surface area contributed by atoms with E-state index in [9.17, 15) is 4.79 Å². The van der Waals surface area contributed by atoms with Crippen molar-refractivity contribution in [1.29, 1.82) is 0 Å². The van der Waals surface area contributed by atoms with Crippen LogP contribution >= 0.6 is 0 Å². The molecule has 0 heterocycles. The lowest BCUT2D eigenvalue weighted by atomic mass is 10.2. The van der Waals surface area contributed by atoms with Gasteiger partial charge in [0.2, 0.25) is 0 Å². The van der Waals surface area contributed by atoms with E-state index in [2.05, 4.69) is 0 Å². The van der Waals surface area contributed by atoms with E-state index in [-0.39, 0.29) is 18.7 Å². The number of nitrogen functional groups attached to an aromatic ring is 1. The van der Waals surface area contributed by atoms with Gasteiger partial charge in [-0.2, -0.15) is 0 Å². The van der Waals surface area contributed by atoms with E-state index in [4.69, 9.17) is 15.2 Å². The lowest BCUT2D eigenvalue weighted by Gasteiger charge is -2.10. The van der Waals surface area contributed by atoms with Crippen LogP contribution in [0, 0.1) is 6.92 Å². The van der Waals surface area contributed by atoms with E-state index < -0.39 is 0 Å². The van der Waals surface area contributed by atoms with Gasteiger partial charge in [0.05, 0.1) is 6.10 Å². The highest BCUT2D eigenvalue weighted by molar-refractivity contribution is 5.71. The second-order valence-corrected chi connectivity index (χ2v) is 3.85. The van der Waals surface area contributed by atoms with E-state index in [1.165, 1.54) is 0 Å². The third-order valence-electron chi connectivity index (χ3n) is 1.97. The maximum atomic E-state index is 11.2. The maximum absolute atomic E-state index is 11.2. The minimum atomic E-state index is -0.371. The van der Waals surface area contributed by atoms with Crippen molar-refractivity contribution in [2.24, 2.45) is 0 Å². The van der Waals surface area contributed by atoms with Gasteiger partial charge in [-0.1, -0.05) is 0 Å². The van der Waals surface area contributed by atoms with Gasteiger partial charge in [0.15, 0.2) is 6.61 Å². The topological polar surface area (TPSA) is 61.5 Å². The summed E-state index contributed by atoms with van der Waals surface area (Å²) < 4.78 is 10.2. The van der Waals surface area contributed by atoms with Crippen LogP contribution in [-0.2, 0) is 9.53 Å². The maximum Gasteiger partial charge on any atom is 0.344 e. The summed E-state index contributed by atoms with van der Waals surface area (Å²) in [4.78, 5) is 11.2. The average Bonchev–Trinajstić information content (AvgIpc) is 2.19. The van der Waals surface area contributed by atoms with Gasteiger partial charge in [0.25, 0.3) is 0 Å². The van der Waals surface area contributed by atoms with Crippen LogP contribution in [0.2, 0.25) is 0 Å². The van der Waals surface area contributed by atoms with Crippen molar-refractivity contribution < 1.29 is 14.3 Å². The summed E-state index contributed by atoms with van der Waals surface area (Å²) in [6.07, 6.45) is -0.121. The van der Waals surface area contributed by atoms with Crippen LogP contribution in [0.5, 0.6) is 5.75 Å². The van der Waals surface area contributed by atoms with E-state index in [1.54, 1.807) is 32.0 Å². The monoisotopic (exact) mass is 223 g/mol. The van der Waals surface area contributed by atoms with Crippen LogP contribution in [0.15, 0.2) is 18.2 Å². The van der Waals surface area contributed by atoms with Gasteiger partial charge < -0.3 is 15.2 Å². The molecule has 2 N–H and O–H groups in total. The predicted octanol–water partition coefficient (Wildman–Crippen LogP) is 1.91. The molecule has 0 unspecified atom stereocenters. The van der Waals surface area contributed by atoms with Crippen molar-refractivity contribution in [3.63, 3.8) is 0 Å². The van der Waals surface area contributed by atoms with Crippen molar-refractivity contribution >= 4 is 11.7 Å². The highest BCUT2D eigenvalue weighted by Gasteiger charge is 2.06. The zero-order valence-corrected chi connectivity index (χ0v) is 9.82. The first-order valence-electron chi connectivity index (χ1n) is 5.17. The van der Waals surface area contributed by atoms with Gasteiger partial charge in [-0.15, -0.1) is 0 Å². The Morgan fingerprint density at radius 1 is 1.44 bits per heavy atom. The Hall–Kier alpha value is -1.71. The molecule has 0 saturated heterocycles. The Morgan fingerprint density at radius 2 is 2.12 bits per heavy atom. The number of carbonyl (C=O) groups excluding carboxylic acids is 1. The number of esters is 1. The summed E-state index contributed by atoms with van der Waals surface area (Å²) in [5.74, 6) is 0.247. The van der Waals surface area contributed by atoms with Crippen molar-refractivity contribution in [2.75, 3.05) is 12.3 Å². The first kappa shape index (κ1) is 12.4. The number of ether oxygens (including phenoxy) is 2. The molecule has 1 aromatic rings. The molecule has 4 nitrogen and oxygen atoms in total. The number of hydrogen-bond acceptors (Lipinski definition) is 4. The lowest BCUT2D eigenvalue weighted by Crippen LogP contribution is -2.18. The van der Waals surface area contributed by atoms with Gasteiger partial charge in [-0.05, 0) is 44.5 Å². The normalized spacial score (nSPS) is 10.2. The summed E-state index contributed by atoms with van der Waals surface area (Å²) in [6, 6.07) is 5.27. The number of anilines is 1. The van der Waals surface area contributed by atoms with Crippen LogP contribution in [0.25, 0.3) is 0 Å². The van der Waals surface area contributed by atoms with Crippen molar-refractivity contribution in [3.8, 4) is 5.75 Å². The number of rotatable bonds is 4. The number of nitrogens with two attached hydrogens (primary N) is 1. The fourth-order valence-electron chi connectivity index (χ4n) is 1.18. The van der Waals surface area contributed by atoms with E-state index >= 15 is 0 Å². The molecular weight excluding hydrogens is 206 g/mol. The zero-order valence-electron chi connectivity index (χ0n) is 9.82. The van der Waals surface area contributed by atoms with E-state index in [0.29, 0.717) is 11.4 Å². The Balaban J connectivity index is 2.48. The van der Waals surface area contributed by atoms with Crippen molar-refractivity contribution in [3.05, 3.63) is 23.8 Å². The molecule has 0 bridgehead atoms. The lowest BCUT2D eigenvalue weighted by molar-refractivity contribution is -0.149. The molecule has 0 aromatic heterocycles. The highest BCUT2D eigenvalue weighted by Crippen LogP contribution is 2.18. The molecule has 0 radical (unpaired) electrons. The van der Waals surface area contributed by atoms with Crippen molar-refractivity contribution in [1.82, 2.24) is 0 Å². The molecular formula is C12H17NO3. The first-order valence-corrected chi connectivity index (χ1v) is 5.17. The van der Waals surface area contributed by atoms with Gasteiger partial charge in [0, 0.05) is 5.69 Å². The van der Waals surface area contributed by atoms with Gasteiger partial charge in [-0.25, -0.2) is 4.79 Å². The quantitative estimate of drug-likeness (QED) is 0.625. The SMILES string of the molecule is Cc1cc(OCC(=O)OC(C)C)ccc1N. The third-order valence-corrected chi connectivity index (χ3v) is 1.97. The zero-order chi connectivity index (χ0) is 12.1. The van der Waals surface area contributed by atoms with Crippen LogP contribution in [0.4, 0.5) is 5.69 Å². The fourth-order valence-corrected chi connectivity index (χ4v) is 1.18. The molecule has 0 aliphatic rings. The molecule has 0 fully saturated rings. The van der Waals surface area contributed by atoms with Gasteiger partial charge >= 0.3 is 5.97 Å². The molecule has 4 heteroatoms. The van der Waals surface area contributed by atoms with Crippen LogP contribution in [0.3, 0.4) is 0 Å². The number of benzene rings is 1. The molecule has 0 atom stereocenters. The summed E-state index contributed by atoms with van der Waals surface area (Å²) in [7, 11) is 0. The summed E-state index contributed by atoms with van der Waals surface area (Å²) in [5, 5.41) is 0. The second-order valence-electron chi connectivity index (χ2n) is 3.85. The number of hydrogen-bond donors (Lipinski definition) is 1. The summed E-state index contributed by atoms with van der Waals surface area (Å²) >= 11 is 0. The molecule has 0 spiro atoms. The standard InChI is InChI=1S/C12H17NO3/c1-8(2)16-12(14)7-15-10-4-5-11(13)9(3)6-10/h4-6,8H,7,13H2,1-3H3. The number of carbonyl (C=O) groups is 1. The summed E-state index contributed by atoms with van der Waals surface area (Å²) in [6.45, 7) is 5.40. The summed E-state index contributed by atoms with van der Waals surface area (Å²) in [5.41, 5.74) is 7.29. The Morgan fingerprint density at radius 3 is 2.69 bits per heavy atom. The molecule has 0 aliphatic carbocycles. The predicted molar refractivity (Wildman–Crippen MR) is 62.3 cm³/mol. The largest absolute Gasteiger partial charge is 0.482 e. The molecule has 0 aliphatic heterocycles. The number of aryl methyl sites for hydroxylation is 1. The molecule has 0 saturated carbocycles. The van der Waals surface area contributed by atoms with Crippen LogP contribution in [0.1, 0.15) is 19.4 Å². The Kier molecular flexibility index (Phi) is 4.17. The minimum absolute atomic E-state index is 0.0818. The van der Waals surface area contributed by atoms with Crippen LogP contribution in [-0.4, -0.2) is 18.7 Å². The Labute approximate surface area is 95.3 Å². The molecule has 0 amide bonds. The fraction of sp³-hybridized carbons (Fsp3) is 0.417. The molecule has 1 aromatic carbocycles. The molecule has 16 heavy (non-hydrogen) atoms. The minimum Gasteiger partial charge on any atom is -0.482 e. The smallest absolute Gasteiger partial charge is 0.344 e. The van der Waals surface area contributed by atoms with E-state index in [0.717, 1.165) is 5.56 Å². The van der Waals surface area contributed by atoms with Crippen LogP contribution < -0.4 is 10.5 Å². The van der Waals surface area contributed by atoms with Gasteiger partial charge in [0.1, 0.15) is 5.75 Å². The first-order chi connectivity index (χ1) is 7.49. The third kappa shape index (κ3) is 3.81. The second kappa shape index (κ2) is 5.39. The molecule has 1 rings (SSSR count). The van der Waals surface area contributed by atoms with Gasteiger partial charge in [-0.3, -0.25) is 0 Å².